The summed E-state index contributed by atoms with van der Waals surface area (Å²) >= 11 is 0. The third-order valence-corrected chi connectivity index (χ3v) is 3.46. The van der Waals surface area contributed by atoms with Crippen LogP contribution in [0.1, 0.15) is 16.8 Å². The summed E-state index contributed by atoms with van der Waals surface area (Å²) in [6, 6.07) is 8.17. The molecule has 2 aromatic rings. The number of para-hydroxylation sites is 1. The summed E-state index contributed by atoms with van der Waals surface area (Å²) < 4.78 is 0. The molecule has 2 N–H and O–H groups in total. The van der Waals surface area contributed by atoms with Gasteiger partial charge >= 0.3 is 0 Å². The van der Waals surface area contributed by atoms with E-state index in [4.69, 9.17) is 0 Å². The van der Waals surface area contributed by atoms with Crippen molar-refractivity contribution in [2.45, 2.75) is 19.8 Å². The molecule has 0 atom stereocenters. The van der Waals surface area contributed by atoms with Crippen LogP contribution in [0.5, 0.6) is 0 Å². The van der Waals surface area contributed by atoms with Gasteiger partial charge in [0.15, 0.2) is 0 Å². The molecule has 0 saturated heterocycles. The SMILES string of the molecule is Cc1ccccc1Nc1ncc2c(n1)CCNCC2. The fourth-order valence-electron chi connectivity index (χ4n) is 2.32. The molecule has 98 valence electrons. The van der Waals surface area contributed by atoms with Crippen molar-refractivity contribution in [3.8, 4) is 0 Å². The summed E-state index contributed by atoms with van der Waals surface area (Å²) in [5.74, 6) is 0.690. The Morgan fingerprint density at radius 1 is 1.16 bits per heavy atom. The van der Waals surface area contributed by atoms with Crippen molar-refractivity contribution >= 4 is 11.6 Å². The molecule has 0 amide bonds. The van der Waals surface area contributed by atoms with Crippen molar-refractivity contribution in [2.24, 2.45) is 0 Å². The first-order valence-electron chi connectivity index (χ1n) is 6.71. The van der Waals surface area contributed by atoms with Crippen molar-refractivity contribution in [1.82, 2.24) is 15.3 Å². The van der Waals surface area contributed by atoms with E-state index < -0.39 is 0 Å². The zero-order valence-corrected chi connectivity index (χ0v) is 11.1. The van der Waals surface area contributed by atoms with Gasteiger partial charge in [-0.15, -0.1) is 0 Å². The number of nitrogens with one attached hydrogen (secondary N) is 2. The predicted molar refractivity (Wildman–Crippen MR) is 76.8 cm³/mol. The standard InChI is InChI=1S/C15H18N4/c1-11-4-2-3-5-13(11)18-15-17-10-12-6-8-16-9-7-14(12)19-15/h2-5,10,16H,6-9H2,1H3,(H,17,18,19). The summed E-state index contributed by atoms with van der Waals surface area (Å²) in [5.41, 5.74) is 4.69. The van der Waals surface area contributed by atoms with Gasteiger partial charge in [-0.25, -0.2) is 9.97 Å². The maximum Gasteiger partial charge on any atom is 0.227 e. The number of aryl methyl sites for hydroxylation is 1. The molecule has 3 rings (SSSR count). The first kappa shape index (κ1) is 12.1. The first-order valence-corrected chi connectivity index (χ1v) is 6.71. The Hall–Kier alpha value is -1.94. The van der Waals surface area contributed by atoms with E-state index in [9.17, 15) is 0 Å². The van der Waals surface area contributed by atoms with Crippen molar-refractivity contribution in [3.05, 3.63) is 47.3 Å². The lowest BCUT2D eigenvalue weighted by atomic mass is 10.1. The average molecular weight is 254 g/mol. The molecule has 19 heavy (non-hydrogen) atoms. The van der Waals surface area contributed by atoms with Crippen LogP contribution < -0.4 is 10.6 Å². The molecule has 0 spiro atoms. The number of anilines is 2. The maximum absolute atomic E-state index is 4.65. The Labute approximate surface area is 113 Å². The second-order valence-corrected chi connectivity index (χ2v) is 4.86. The van der Waals surface area contributed by atoms with Gasteiger partial charge in [0.1, 0.15) is 0 Å². The molecule has 0 aliphatic carbocycles. The lowest BCUT2D eigenvalue weighted by molar-refractivity contribution is 0.708. The third-order valence-electron chi connectivity index (χ3n) is 3.46. The Bertz CT molecular complexity index is 580. The highest BCUT2D eigenvalue weighted by molar-refractivity contribution is 5.58. The summed E-state index contributed by atoms with van der Waals surface area (Å²) in [5, 5.41) is 6.68. The highest BCUT2D eigenvalue weighted by atomic mass is 15.1. The quantitative estimate of drug-likeness (QED) is 0.862. The predicted octanol–water partition coefficient (Wildman–Crippen LogP) is 2.22. The fourth-order valence-corrected chi connectivity index (χ4v) is 2.32. The Morgan fingerprint density at radius 2 is 2.00 bits per heavy atom. The van der Waals surface area contributed by atoms with Crippen LogP contribution in [0.4, 0.5) is 11.6 Å². The minimum absolute atomic E-state index is 0.690. The summed E-state index contributed by atoms with van der Waals surface area (Å²) in [7, 11) is 0. The summed E-state index contributed by atoms with van der Waals surface area (Å²) in [4.78, 5) is 9.07. The third kappa shape index (κ3) is 2.74. The number of nitrogens with zero attached hydrogens (tertiary/aromatic N) is 2. The van der Waals surface area contributed by atoms with Gasteiger partial charge in [-0.05, 0) is 37.1 Å². The molecule has 1 aliphatic rings. The van der Waals surface area contributed by atoms with Crippen LogP contribution in [0.3, 0.4) is 0 Å². The van der Waals surface area contributed by atoms with Crippen LogP contribution in [0.2, 0.25) is 0 Å². The molecular weight excluding hydrogens is 236 g/mol. The molecule has 0 fully saturated rings. The van der Waals surface area contributed by atoms with E-state index in [1.807, 2.05) is 24.4 Å². The maximum atomic E-state index is 4.65. The van der Waals surface area contributed by atoms with Crippen molar-refractivity contribution in [3.63, 3.8) is 0 Å². The van der Waals surface area contributed by atoms with Crippen LogP contribution >= 0.6 is 0 Å². The van der Waals surface area contributed by atoms with Crippen LogP contribution in [0, 0.1) is 6.92 Å². The molecule has 4 heteroatoms. The molecule has 0 saturated carbocycles. The van der Waals surface area contributed by atoms with E-state index in [-0.39, 0.29) is 0 Å². The molecule has 1 aromatic carbocycles. The fraction of sp³-hybridized carbons (Fsp3) is 0.333. The first-order chi connectivity index (χ1) is 9.33. The normalized spacial score (nSPS) is 14.6. The number of rotatable bonds is 2. The van der Waals surface area contributed by atoms with Crippen LogP contribution in [0.15, 0.2) is 30.5 Å². The smallest absolute Gasteiger partial charge is 0.227 e. The highest BCUT2D eigenvalue weighted by Crippen LogP contribution is 2.19. The summed E-state index contributed by atoms with van der Waals surface area (Å²) in [6.45, 7) is 4.09. The van der Waals surface area contributed by atoms with E-state index in [2.05, 4.69) is 33.6 Å². The van der Waals surface area contributed by atoms with Gasteiger partial charge in [0.25, 0.3) is 0 Å². The van der Waals surface area contributed by atoms with E-state index in [0.29, 0.717) is 5.95 Å². The van der Waals surface area contributed by atoms with E-state index in [1.165, 1.54) is 11.1 Å². The van der Waals surface area contributed by atoms with Crippen molar-refractivity contribution in [2.75, 3.05) is 18.4 Å². The van der Waals surface area contributed by atoms with Gasteiger partial charge < -0.3 is 10.6 Å². The number of hydrogen-bond donors (Lipinski definition) is 2. The molecule has 1 aromatic heterocycles. The van der Waals surface area contributed by atoms with Crippen LogP contribution in [0.25, 0.3) is 0 Å². The molecule has 2 heterocycles. The van der Waals surface area contributed by atoms with Gasteiger partial charge in [0.05, 0.1) is 5.69 Å². The zero-order valence-electron chi connectivity index (χ0n) is 11.1. The van der Waals surface area contributed by atoms with Gasteiger partial charge in [-0.1, -0.05) is 18.2 Å². The largest absolute Gasteiger partial charge is 0.324 e. The van der Waals surface area contributed by atoms with Crippen molar-refractivity contribution < 1.29 is 0 Å². The number of fused-ring (bicyclic) bond motifs is 1. The van der Waals surface area contributed by atoms with Crippen LogP contribution in [-0.2, 0) is 12.8 Å². The van der Waals surface area contributed by atoms with Crippen LogP contribution in [-0.4, -0.2) is 23.1 Å². The number of hydrogen-bond acceptors (Lipinski definition) is 4. The molecule has 4 nitrogen and oxygen atoms in total. The lowest BCUT2D eigenvalue weighted by Gasteiger charge is -2.10. The van der Waals surface area contributed by atoms with Crippen molar-refractivity contribution in [1.29, 1.82) is 0 Å². The second kappa shape index (κ2) is 5.36. The lowest BCUT2D eigenvalue weighted by Crippen LogP contribution is -2.16. The molecule has 0 unspecified atom stereocenters. The molecule has 0 bridgehead atoms. The number of benzene rings is 1. The van der Waals surface area contributed by atoms with Gasteiger partial charge in [-0.2, -0.15) is 0 Å². The van der Waals surface area contributed by atoms with Gasteiger partial charge in [-0.3, -0.25) is 0 Å². The molecule has 0 radical (unpaired) electrons. The zero-order chi connectivity index (χ0) is 13.1. The molecule has 1 aliphatic heterocycles. The monoisotopic (exact) mass is 254 g/mol. The highest BCUT2D eigenvalue weighted by Gasteiger charge is 2.10. The van der Waals surface area contributed by atoms with Gasteiger partial charge in [0.2, 0.25) is 5.95 Å². The average Bonchev–Trinajstić information content (AvgIpc) is 2.66. The van der Waals surface area contributed by atoms with E-state index in [1.54, 1.807) is 0 Å². The molecular formula is C15H18N4. The topological polar surface area (TPSA) is 49.8 Å². The van der Waals surface area contributed by atoms with E-state index >= 15 is 0 Å². The minimum atomic E-state index is 0.690. The number of aromatic nitrogens is 2. The Kier molecular flexibility index (Phi) is 3.42. The Morgan fingerprint density at radius 3 is 2.89 bits per heavy atom. The summed E-state index contributed by atoms with van der Waals surface area (Å²) in [6.07, 6.45) is 3.94. The van der Waals surface area contributed by atoms with Gasteiger partial charge in [0, 0.05) is 24.8 Å². The van der Waals surface area contributed by atoms with E-state index in [0.717, 1.165) is 37.3 Å². The Balaban J connectivity index is 1.86. The minimum Gasteiger partial charge on any atom is -0.324 e. The second-order valence-electron chi connectivity index (χ2n) is 4.86.